The van der Waals surface area contributed by atoms with E-state index in [2.05, 4.69) is 4.74 Å². The minimum Gasteiger partial charge on any atom is -0.477 e. The van der Waals surface area contributed by atoms with Crippen LogP contribution >= 0.6 is 0 Å². The van der Waals surface area contributed by atoms with Crippen LogP contribution in [-0.4, -0.2) is 22.4 Å². The zero-order valence-electron chi connectivity index (χ0n) is 8.52. The number of pyridine rings is 1. The summed E-state index contributed by atoms with van der Waals surface area (Å²) in [7, 11) is 0. The largest absolute Gasteiger partial charge is 0.573 e. The van der Waals surface area contributed by atoms with Crippen LogP contribution in [0, 0.1) is 0 Å². The molecule has 0 aliphatic heterocycles. The Morgan fingerprint density at radius 2 is 1.74 bits per heavy atom. The number of carboxylic acids is 1. The molecule has 5 nitrogen and oxygen atoms in total. The van der Waals surface area contributed by atoms with Crippen molar-refractivity contribution in [3.63, 3.8) is 0 Å². The van der Waals surface area contributed by atoms with Crippen molar-refractivity contribution in [2.24, 2.45) is 0 Å². The van der Waals surface area contributed by atoms with Crippen molar-refractivity contribution < 1.29 is 41.0 Å². The fourth-order valence-electron chi connectivity index (χ4n) is 1.20. The van der Waals surface area contributed by atoms with Gasteiger partial charge in [-0.1, -0.05) is 0 Å². The second-order valence-electron chi connectivity index (χ2n) is 3.08. The molecule has 0 fully saturated rings. The summed E-state index contributed by atoms with van der Waals surface area (Å²) in [4.78, 5) is 22.9. The van der Waals surface area contributed by atoms with Crippen LogP contribution < -0.4 is 10.3 Å². The number of hydrogen-bond donors (Lipinski definition) is 2. The number of H-pyrrole nitrogens is 1. The van der Waals surface area contributed by atoms with Crippen LogP contribution in [0.1, 0.15) is 15.9 Å². The van der Waals surface area contributed by atoms with E-state index >= 15 is 0 Å². The first-order chi connectivity index (χ1) is 8.43. The summed E-state index contributed by atoms with van der Waals surface area (Å²) in [5, 5.41) is 8.48. The van der Waals surface area contributed by atoms with E-state index in [0.29, 0.717) is 0 Å². The lowest BCUT2D eigenvalue weighted by Crippen LogP contribution is -2.28. The summed E-state index contributed by atoms with van der Waals surface area (Å²) in [5.74, 6) is -4.18. The van der Waals surface area contributed by atoms with Crippen LogP contribution in [0.4, 0.5) is 26.3 Å². The van der Waals surface area contributed by atoms with E-state index < -0.39 is 40.9 Å². The minimum atomic E-state index is -5.51. The van der Waals surface area contributed by atoms with E-state index in [0.717, 1.165) is 0 Å². The molecular formula is C8H3F6NO4. The molecule has 2 N–H and O–H groups in total. The first kappa shape index (κ1) is 14.9. The number of nitrogens with one attached hydrogen (secondary N) is 1. The smallest absolute Gasteiger partial charge is 0.477 e. The number of halogens is 6. The molecule has 11 heteroatoms. The monoisotopic (exact) mass is 291 g/mol. The molecule has 0 aromatic carbocycles. The molecule has 1 aromatic rings. The van der Waals surface area contributed by atoms with Crippen LogP contribution in [0.5, 0.6) is 5.75 Å². The van der Waals surface area contributed by atoms with E-state index in [4.69, 9.17) is 5.11 Å². The number of carbonyl (C=O) groups is 1. The summed E-state index contributed by atoms with van der Waals surface area (Å²) >= 11 is 0. The predicted octanol–water partition coefficient (Wildman–Crippen LogP) is 1.99. The van der Waals surface area contributed by atoms with Gasteiger partial charge in [-0.3, -0.25) is 4.79 Å². The molecule has 1 aromatic heterocycles. The Hall–Kier alpha value is -2.20. The highest BCUT2D eigenvalue weighted by Gasteiger charge is 2.44. The van der Waals surface area contributed by atoms with Gasteiger partial charge in [0.15, 0.2) is 5.75 Å². The number of alkyl halides is 6. The quantitative estimate of drug-likeness (QED) is 0.817. The fraction of sp³-hybridized carbons (Fsp3) is 0.250. The Morgan fingerprint density at radius 3 is 2.11 bits per heavy atom. The van der Waals surface area contributed by atoms with Gasteiger partial charge in [0.1, 0.15) is 11.1 Å². The highest BCUT2D eigenvalue weighted by Crippen LogP contribution is 2.39. The molecule has 0 bridgehead atoms. The molecular weight excluding hydrogens is 288 g/mol. The topological polar surface area (TPSA) is 79.4 Å². The zero-order chi connectivity index (χ0) is 15.0. The van der Waals surface area contributed by atoms with Gasteiger partial charge >= 0.3 is 18.5 Å². The normalized spacial score (nSPS) is 12.3. The molecule has 0 atom stereocenters. The van der Waals surface area contributed by atoms with Gasteiger partial charge in [-0.05, 0) is 0 Å². The number of hydrogen-bond acceptors (Lipinski definition) is 3. The van der Waals surface area contributed by atoms with E-state index in [-0.39, 0.29) is 6.20 Å². The van der Waals surface area contributed by atoms with Crippen LogP contribution in [0.15, 0.2) is 11.0 Å². The van der Waals surface area contributed by atoms with Crippen molar-refractivity contribution in [2.45, 2.75) is 12.5 Å². The maximum absolute atomic E-state index is 12.6. The van der Waals surface area contributed by atoms with E-state index in [1.54, 1.807) is 0 Å². The molecule has 19 heavy (non-hydrogen) atoms. The van der Waals surface area contributed by atoms with Crippen molar-refractivity contribution in [2.75, 3.05) is 0 Å². The van der Waals surface area contributed by atoms with Crippen molar-refractivity contribution in [1.82, 2.24) is 4.98 Å². The number of carboxylic acid groups (broad SMARTS) is 1. The molecule has 0 unspecified atom stereocenters. The molecule has 0 aliphatic carbocycles. The Labute approximate surface area is 99.0 Å². The van der Waals surface area contributed by atoms with Crippen LogP contribution in [0.25, 0.3) is 0 Å². The molecule has 106 valence electrons. The number of aromatic carboxylic acids is 1. The maximum Gasteiger partial charge on any atom is 0.573 e. The molecule has 0 aliphatic rings. The van der Waals surface area contributed by atoms with Gasteiger partial charge in [-0.15, -0.1) is 13.2 Å². The Kier molecular flexibility index (Phi) is 3.50. The molecule has 0 spiro atoms. The van der Waals surface area contributed by atoms with Crippen LogP contribution in [-0.2, 0) is 6.18 Å². The van der Waals surface area contributed by atoms with Gasteiger partial charge in [0.25, 0.3) is 5.56 Å². The number of aromatic nitrogens is 1. The van der Waals surface area contributed by atoms with E-state index in [9.17, 15) is 35.9 Å². The standard InChI is InChI=1S/C8H3F6NO4/c9-7(10,11)4-2(19-8(12,13)14)1-15-5(16)3(4)6(17)18/h1H,(H,15,16)(H,17,18). The van der Waals surface area contributed by atoms with Crippen molar-refractivity contribution in [3.8, 4) is 5.75 Å². The number of ether oxygens (including phenoxy) is 1. The Balaban J connectivity index is 3.62. The lowest BCUT2D eigenvalue weighted by molar-refractivity contribution is -0.276. The second kappa shape index (κ2) is 4.48. The van der Waals surface area contributed by atoms with Gasteiger partial charge < -0.3 is 14.8 Å². The first-order valence-corrected chi connectivity index (χ1v) is 4.25. The summed E-state index contributed by atoms with van der Waals surface area (Å²) in [5.41, 5.74) is -5.88. The summed E-state index contributed by atoms with van der Waals surface area (Å²) in [6.45, 7) is 0. The van der Waals surface area contributed by atoms with Crippen molar-refractivity contribution in [3.05, 3.63) is 27.7 Å². The van der Waals surface area contributed by atoms with Crippen LogP contribution in [0.3, 0.4) is 0 Å². The van der Waals surface area contributed by atoms with E-state index in [1.807, 2.05) is 0 Å². The Bertz CT molecular complexity index is 558. The molecule has 0 saturated carbocycles. The lowest BCUT2D eigenvalue weighted by Gasteiger charge is -2.16. The first-order valence-electron chi connectivity index (χ1n) is 4.25. The van der Waals surface area contributed by atoms with Gasteiger partial charge in [0.2, 0.25) is 0 Å². The highest BCUT2D eigenvalue weighted by atomic mass is 19.4. The van der Waals surface area contributed by atoms with E-state index in [1.165, 1.54) is 4.98 Å². The molecule has 1 heterocycles. The van der Waals surface area contributed by atoms with Gasteiger partial charge in [0, 0.05) is 6.20 Å². The molecule has 0 amide bonds. The molecule has 0 radical (unpaired) electrons. The summed E-state index contributed by atoms with van der Waals surface area (Å²) < 4.78 is 76.5. The number of aromatic amines is 1. The third-order valence-electron chi connectivity index (χ3n) is 1.78. The number of rotatable bonds is 2. The zero-order valence-corrected chi connectivity index (χ0v) is 8.52. The van der Waals surface area contributed by atoms with Crippen molar-refractivity contribution in [1.29, 1.82) is 0 Å². The van der Waals surface area contributed by atoms with Crippen LogP contribution in [0.2, 0.25) is 0 Å². The molecule has 0 saturated heterocycles. The van der Waals surface area contributed by atoms with Gasteiger partial charge in [-0.25, -0.2) is 4.79 Å². The summed E-state index contributed by atoms with van der Waals surface area (Å²) in [6, 6.07) is 0. The Morgan fingerprint density at radius 1 is 1.21 bits per heavy atom. The predicted molar refractivity (Wildman–Crippen MR) is 45.7 cm³/mol. The van der Waals surface area contributed by atoms with Gasteiger partial charge in [0.05, 0.1) is 0 Å². The average molecular weight is 291 g/mol. The van der Waals surface area contributed by atoms with Gasteiger partial charge in [-0.2, -0.15) is 13.2 Å². The van der Waals surface area contributed by atoms with Crippen molar-refractivity contribution >= 4 is 5.97 Å². The third kappa shape index (κ3) is 3.39. The average Bonchev–Trinajstić information content (AvgIpc) is 2.15. The second-order valence-corrected chi connectivity index (χ2v) is 3.08. The third-order valence-corrected chi connectivity index (χ3v) is 1.78. The summed E-state index contributed by atoms with van der Waals surface area (Å²) in [6.07, 6.45) is -11.0. The molecule has 1 rings (SSSR count). The lowest BCUT2D eigenvalue weighted by atomic mass is 10.1. The minimum absolute atomic E-state index is 0.00884. The fourth-order valence-corrected chi connectivity index (χ4v) is 1.20. The highest BCUT2D eigenvalue weighted by molar-refractivity contribution is 5.90. The SMILES string of the molecule is O=C(O)c1c(C(F)(F)F)c(OC(F)(F)F)c[nH]c1=O. The maximum atomic E-state index is 12.6.